The molecule has 0 radical (unpaired) electrons. The molecule has 0 aromatic carbocycles. The largest absolute Gasteiger partial charge is 0.380 e. The van der Waals surface area contributed by atoms with Crippen molar-refractivity contribution in [2.45, 2.75) is 25.5 Å². The first-order valence-electron chi connectivity index (χ1n) is 4.23. The van der Waals surface area contributed by atoms with Crippen LogP contribution in [0, 0.1) is 0 Å². The van der Waals surface area contributed by atoms with Crippen LogP contribution in [0.25, 0.3) is 0 Å². The molecule has 0 aromatic heterocycles. The Balaban J connectivity index is 2.70. The number of likely N-dealkylation sites (tertiary alicyclic amines) is 1. The molecule has 12 heavy (non-hydrogen) atoms. The van der Waals surface area contributed by atoms with Crippen LogP contribution in [0.5, 0.6) is 0 Å². The van der Waals surface area contributed by atoms with Crippen LogP contribution in [0.15, 0.2) is 11.9 Å². The van der Waals surface area contributed by atoms with E-state index in [1.54, 1.807) is 7.11 Å². The molecule has 2 nitrogen and oxygen atoms in total. The first kappa shape index (κ1) is 9.68. The minimum absolute atomic E-state index is 0.0690. The highest BCUT2D eigenvalue weighted by Crippen LogP contribution is 2.25. The minimum atomic E-state index is 0.0690. The number of ether oxygens (including phenoxy) is 1. The maximum atomic E-state index is 12.4. The van der Waals surface area contributed by atoms with Crippen LogP contribution < -0.4 is 0 Å². The topological polar surface area (TPSA) is 12.5 Å². The lowest BCUT2D eigenvalue weighted by atomic mass is 10.1. The molecule has 0 aromatic rings. The van der Waals surface area contributed by atoms with Gasteiger partial charge < -0.3 is 4.74 Å². The summed E-state index contributed by atoms with van der Waals surface area (Å²) in [5, 5.41) is 0. The van der Waals surface area contributed by atoms with Crippen LogP contribution in [0.4, 0.5) is 4.39 Å². The van der Waals surface area contributed by atoms with Gasteiger partial charge in [0.25, 0.3) is 0 Å². The highest BCUT2D eigenvalue weighted by atomic mass is 19.1. The number of likely N-dealkylation sites (N-methyl/N-ethyl adjacent to an activating group) is 1. The summed E-state index contributed by atoms with van der Waals surface area (Å²) in [7, 11) is 3.66. The van der Waals surface area contributed by atoms with E-state index in [0.717, 1.165) is 24.9 Å². The van der Waals surface area contributed by atoms with Gasteiger partial charge in [-0.3, -0.25) is 4.90 Å². The number of hydrogen-bond acceptors (Lipinski definition) is 2. The zero-order chi connectivity index (χ0) is 9.14. The van der Waals surface area contributed by atoms with Gasteiger partial charge in [-0.05, 0) is 26.0 Å². The summed E-state index contributed by atoms with van der Waals surface area (Å²) in [4.78, 5) is 2.12. The zero-order valence-corrected chi connectivity index (χ0v) is 7.88. The number of hydrogen-bond donors (Lipinski definition) is 0. The van der Waals surface area contributed by atoms with Gasteiger partial charge in [0.05, 0.1) is 18.5 Å². The highest BCUT2D eigenvalue weighted by molar-refractivity contribution is 5.15. The minimum Gasteiger partial charge on any atom is -0.380 e. The smallest absolute Gasteiger partial charge is 0.0876 e. The summed E-state index contributed by atoms with van der Waals surface area (Å²) < 4.78 is 17.6. The van der Waals surface area contributed by atoms with Crippen LogP contribution in [0.3, 0.4) is 0 Å². The van der Waals surface area contributed by atoms with Gasteiger partial charge in [-0.1, -0.05) is 0 Å². The van der Waals surface area contributed by atoms with Gasteiger partial charge in [-0.15, -0.1) is 0 Å². The zero-order valence-electron chi connectivity index (χ0n) is 7.88. The van der Waals surface area contributed by atoms with Crippen LogP contribution >= 0.6 is 0 Å². The van der Waals surface area contributed by atoms with Crippen LogP contribution in [0.2, 0.25) is 0 Å². The van der Waals surface area contributed by atoms with Crippen molar-refractivity contribution in [1.82, 2.24) is 4.90 Å². The molecule has 0 amide bonds. The number of methoxy groups -OCH3 is 1. The molecule has 0 N–H and O–H groups in total. The average molecular weight is 173 g/mol. The molecule has 1 fully saturated rings. The third-order valence-corrected chi connectivity index (χ3v) is 2.56. The number of nitrogens with zero attached hydrogens (tertiary/aromatic N) is 1. The van der Waals surface area contributed by atoms with Gasteiger partial charge in [-0.2, -0.15) is 0 Å². The van der Waals surface area contributed by atoms with E-state index in [1.807, 2.05) is 14.0 Å². The molecule has 0 aliphatic carbocycles. The lowest BCUT2D eigenvalue weighted by molar-refractivity contribution is 0.0641. The van der Waals surface area contributed by atoms with Gasteiger partial charge >= 0.3 is 0 Å². The van der Waals surface area contributed by atoms with Crippen LogP contribution in [-0.2, 0) is 4.74 Å². The standard InChI is InChI=1S/C9H16FNO/c1-7(12-3)9-8(6-10)4-5-11(9)2/h6-7,9H,4-5H2,1-3H3/b8-6-. The Labute approximate surface area is 73.0 Å². The fraction of sp³-hybridized carbons (Fsp3) is 0.778. The molecule has 70 valence electrons. The maximum Gasteiger partial charge on any atom is 0.0876 e. The molecular formula is C9H16FNO. The molecule has 1 saturated heterocycles. The Kier molecular flexibility index (Phi) is 3.23. The second-order valence-corrected chi connectivity index (χ2v) is 3.30. The van der Waals surface area contributed by atoms with Crippen molar-refractivity contribution in [3.05, 3.63) is 11.9 Å². The van der Waals surface area contributed by atoms with E-state index in [2.05, 4.69) is 4.90 Å². The van der Waals surface area contributed by atoms with Crippen molar-refractivity contribution in [3.8, 4) is 0 Å². The van der Waals surface area contributed by atoms with Gasteiger partial charge in [0.2, 0.25) is 0 Å². The molecule has 3 heteroatoms. The number of halogens is 1. The predicted molar refractivity (Wildman–Crippen MR) is 46.7 cm³/mol. The molecule has 2 atom stereocenters. The second-order valence-electron chi connectivity index (χ2n) is 3.30. The van der Waals surface area contributed by atoms with Gasteiger partial charge in [0, 0.05) is 13.7 Å². The van der Waals surface area contributed by atoms with E-state index in [9.17, 15) is 4.39 Å². The quantitative estimate of drug-likeness (QED) is 0.628. The van der Waals surface area contributed by atoms with Crippen molar-refractivity contribution >= 4 is 0 Å². The summed E-state index contributed by atoms with van der Waals surface area (Å²) in [5.74, 6) is 0. The van der Waals surface area contributed by atoms with E-state index in [-0.39, 0.29) is 12.1 Å². The summed E-state index contributed by atoms with van der Waals surface area (Å²) in [6.45, 7) is 2.89. The Morgan fingerprint density at radius 1 is 1.75 bits per heavy atom. The molecule has 0 saturated carbocycles. The highest BCUT2D eigenvalue weighted by Gasteiger charge is 2.30. The predicted octanol–water partition coefficient (Wildman–Crippen LogP) is 1.58. The summed E-state index contributed by atoms with van der Waals surface area (Å²) in [5.41, 5.74) is 0.854. The lowest BCUT2D eigenvalue weighted by Gasteiger charge is -2.25. The molecule has 1 aliphatic heterocycles. The van der Waals surface area contributed by atoms with E-state index in [4.69, 9.17) is 4.74 Å². The van der Waals surface area contributed by atoms with Crippen molar-refractivity contribution in [1.29, 1.82) is 0 Å². The van der Waals surface area contributed by atoms with Gasteiger partial charge in [0.1, 0.15) is 0 Å². The first-order valence-corrected chi connectivity index (χ1v) is 4.23. The monoisotopic (exact) mass is 173 g/mol. The summed E-state index contributed by atoms with van der Waals surface area (Å²) in [6.07, 6.45) is 1.62. The Hall–Kier alpha value is -0.410. The first-order chi connectivity index (χ1) is 5.70. The Morgan fingerprint density at radius 2 is 2.42 bits per heavy atom. The maximum absolute atomic E-state index is 12.4. The van der Waals surface area contributed by atoms with E-state index >= 15 is 0 Å². The lowest BCUT2D eigenvalue weighted by Crippen LogP contribution is -2.36. The summed E-state index contributed by atoms with van der Waals surface area (Å²) >= 11 is 0. The molecule has 0 bridgehead atoms. The number of rotatable bonds is 2. The van der Waals surface area contributed by atoms with Crippen molar-refractivity contribution < 1.29 is 9.13 Å². The third kappa shape index (κ3) is 1.67. The van der Waals surface area contributed by atoms with Gasteiger partial charge in [-0.25, -0.2) is 4.39 Å². The molecule has 1 rings (SSSR count). The van der Waals surface area contributed by atoms with Crippen LogP contribution in [0.1, 0.15) is 13.3 Å². The molecule has 1 heterocycles. The molecule has 1 aliphatic rings. The average Bonchev–Trinajstić information content (AvgIpc) is 2.45. The third-order valence-electron chi connectivity index (χ3n) is 2.56. The Morgan fingerprint density at radius 3 is 2.92 bits per heavy atom. The molecule has 2 unspecified atom stereocenters. The molecular weight excluding hydrogens is 157 g/mol. The van der Waals surface area contributed by atoms with Crippen molar-refractivity contribution in [2.24, 2.45) is 0 Å². The Bertz CT molecular complexity index is 181. The summed E-state index contributed by atoms with van der Waals surface area (Å²) in [6, 6.07) is 0.125. The normalized spacial score (nSPS) is 31.3. The van der Waals surface area contributed by atoms with E-state index in [0.29, 0.717) is 0 Å². The second kappa shape index (κ2) is 4.01. The van der Waals surface area contributed by atoms with E-state index < -0.39 is 0 Å². The molecule has 0 spiro atoms. The fourth-order valence-corrected chi connectivity index (χ4v) is 1.78. The van der Waals surface area contributed by atoms with E-state index in [1.165, 1.54) is 0 Å². The fourth-order valence-electron chi connectivity index (χ4n) is 1.78. The van der Waals surface area contributed by atoms with Crippen molar-refractivity contribution in [3.63, 3.8) is 0 Å². The SMILES string of the molecule is COC(C)C1/C(=C\F)CCN1C. The van der Waals surface area contributed by atoms with Crippen LogP contribution in [-0.4, -0.2) is 37.7 Å². The van der Waals surface area contributed by atoms with Crippen molar-refractivity contribution in [2.75, 3.05) is 20.7 Å². The van der Waals surface area contributed by atoms with Gasteiger partial charge in [0.15, 0.2) is 0 Å².